The van der Waals surface area contributed by atoms with Gasteiger partial charge >= 0.3 is 0 Å². The van der Waals surface area contributed by atoms with Crippen LogP contribution in [0.2, 0.25) is 0 Å². The summed E-state index contributed by atoms with van der Waals surface area (Å²) in [5, 5.41) is 8.77. The summed E-state index contributed by atoms with van der Waals surface area (Å²) in [6.45, 7) is 2.28. The molecular weight excluding hydrogens is 393 g/mol. The first kappa shape index (κ1) is 20.9. The number of benzene rings is 2. The second-order valence-electron chi connectivity index (χ2n) is 6.30. The minimum absolute atomic E-state index is 0.0159. The molecule has 29 heavy (non-hydrogen) atoms. The van der Waals surface area contributed by atoms with Gasteiger partial charge in [0.25, 0.3) is 0 Å². The predicted molar refractivity (Wildman–Crippen MR) is 113 cm³/mol. The third-order valence-electron chi connectivity index (χ3n) is 4.43. The molecular formula is C21H22FN3O3S. The van der Waals surface area contributed by atoms with Crippen LogP contribution in [-0.2, 0) is 11.3 Å². The molecule has 1 atom stereocenters. The average Bonchev–Trinajstić information content (AvgIpc) is 3.04. The third kappa shape index (κ3) is 4.95. The summed E-state index contributed by atoms with van der Waals surface area (Å²) < 4.78 is 23.7. The number of methoxy groups -OCH3 is 2. The summed E-state index contributed by atoms with van der Waals surface area (Å²) in [6, 6.07) is 11.5. The van der Waals surface area contributed by atoms with Gasteiger partial charge in [-0.05, 0) is 36.2 Å². The van der Waals surface area contributed by atoms with Crippen LogP contribution in [0.5, 0.6) is 11.5 Å². The molecule has 0 spiro atoms. The van der Waals surface area contributed by atoms with Crippen molar-refractivity contribution in [2.24, 2.45) is 10.2 Å². The molecule has 0 N–H and O–H groups in total. The molecule has 0 bridgehead atoms. The van der Waals surface area contributed by atoms with Crippen LogP contribution in [0.25, 0.3) is 0 Å². The molecule has 0 unspecified atom stereocenters. The van der Waals surface area contributed by atoms with E-state index in [0.717, 1.165) is 11.1 Å². The monoisotopic (exact) mass is 415 g/mol. The van der Waals surface area contributed by atoms with Gasteiger partial charge in [0.2, 0.25) is 5.91 Å². The molecule has 2 aromatic rings. The fourth-order valence-electron chi connectivity index (χ4n) is 2.83. The summed E-state index contributed by atoms with van der Waals surface area (Å²) in [5.41, 5.74) is 1.56. The summed E-state index contributed by atoms with van der Waals surface area (Å²) in [4.78, 5) is 14.3. The van der Waals surface area contributed by atoms with E-state index < -0.39 is 0 Å². The Labute approximate surface area is 173 Å². The molecule has 0 radical (unpaired) electrons. The second kappa shape index (κ2) is 9.56. The largest absolute Gasteiger partial charge is 0.497 e. The Balaban J connectivity index is 1.82. The van der Waals surface area contributed by atoms with Crippen LogP contribution in [-0.4, -0.2) is 41.7 Å². The fraction of sp³-hybridized carbons (Fsp3) is 0.286. The first-order chi connectivity index (χ1) is 14.0. The van der Waals surface area contributed by atoms with Crippen molar-refractivity contribution in [3.8, 4) is 11.5 Å². The molecule has 152 valence electrons. The van der Waals surface area contributed by atoms with Gasteiger partial charge in [0.15, 0.2) is 5.17 Å². The van der Waals surface area contributed by atoms with E-state index in [9.17, 15) is 9.18 Å². The Hall–Kier alpha value is -2.87. The van der Waals surface area contributed by atoms with Crippen molar-refractivity contribution in [1.82, 2.24) is 4.90 Å². The number of amidine groups is 1. The van der Waals surface area contributed by atoms with Crippen molar-refractivity contribution in [1.29, 1.82) is 0 Å². The molecule has 0 saturated carbocycles. The molecule has 1 amide bonds. The van der Waals surface area contributed by atoms with Crippen LogP contribution in [0, 0.1) is 5.82 Å². The van der Waals surface area contributed by atoms with Crippen LogP contribution in [0.1, 0.15) is 24.5 Å². The van der Waals surface area contributed by atoms with Crippen molar-refractivity contribution < 1.29 is 18.7 Å². The zero-order valence-electron chi connectivity index (χ0n) is 16.5. The quantitative estimate of drug-likeness (QED) is 0.505. The topological polar surface area (TPSA) is 63.5 Å². The molecule has 1 saturated heterocycles. The predicted octanol–water partition coefficient (Wildman–Crippen LogP) is 4.09. The number of hydrogen-bond donors (Lipinski definition) is 0. The molecule has 1 aliphatic heterocycles. The molecule has 6 nitrogen and oxygen atoms in total. The van der Waals surface area contributed by atoms with Crippen LogP contribution < -0.4 is 9.47 Å². The second-order valence-corrected chi connectivity index (χ2v) is 7.47. The van der Waals surface area contributed by atoms with Crippen molar-refractivity contribution in [3.05, 3.63) is 59.4 Å². The van der Waals surface area contributed by atoms with E-state index >= 15 is 0 Å². The summed E-state index contributed by atoms with van der Waals surface area (Å²) in [7, 11) is 3.16. The fourth-order valence-corrected chi connectivity index (χ4v) is 3.85. The number of halogens is 1. The molecule has 1 aliphatic rings. The Morgan fingerprint density at radius 3 is 2.59 bits per heavy atom. The van der Waals surface area contributed by atoms with Crippen molar-refractivity contribution in [3.63, 3.8) is 0 Å². The van der Waals surface area contributed by atoms with Crippen LogP contribution in [0.15, 0.2) is 52.7 Å². The van der Waals surface area contributed by atoms with E-state index in [1.807, 2.05) is 13.0 Å². The standard InChI is InChI=1S/C21H22FN3O3S/c1-4-19-20(26)25(13-14-5-8-16(22)9-6-14)21(29-19)24-23-12-15-7-10-17(27-2)11-18(15)28-3/h5-12,19H,4,13H2,1-3H3/b23-12-,24-21+/t19-/m1/s1. The van der Waals surface area contributed by atoms with Gasteiger partial charge in [-0.25, -0.2) is 4.39 Å². The Bertz CT molecular complexity index is 931. The van der Waals surface area contributed by atoms with Crippen LogP contribution in [0.4, 0.5) is 4.39 Å². The van der Waals surface area contributed by atoms with Gasteiger partial charge in [0.1, 0.15) is 17.3 Å². The Kier molecular flexibility index (Phi) is 6.87. The molecule has 2 aromatic carbocycles. The highest BCUT2D eigenvalue weighted by Gasteiger charge is 2.36. The zero-order chi connectivity index (χ0) is 20.8. The van der Waals surface area contributed by atoms with E-state index in [1.165, 1.54) is 23.9 Å². The molecule has 0 aromatic heterocycles. The molecule has 8 heteroatoms. The SMILES string of the molecule is CC[C@H]1S/C(=N/N=C\c2ccc(OC)cc2OC)N(Cc2ccc(F)cc2)C1=O. The minimum Gasteiger partial charge on any atom is -0.497 e. The first-order valence-corrected chi connectivity index (χ1v) is 9.99. The molecule has 3 rings (SSSR count). The number of ether oxygens (including phenoxy) is 2. The minimum atomic E-state index is -0.311. The normalized spacial score (nSPS) is 18.1. The number of nitrogens with zero attached hydrogens (tertiary/aromatic N) is 3. The lowest BCUT2D eigenvalue weighted by Gasteiger charge is -2.15. The van der Waals surface area contributed by atoms with Gasteiger partial charge in [-0.1, -0.05) is 30.8 Å². The Morgan fingerprint density at radius 1 is 1.17 bits per heavy atom. The molecule has 1 heterocycles. The summed E-state index contributed by atoms with van der Waals surface area (Å²) in [6.07, 6.45) is 2.27. The van der Waals surface area contributed by atoms with Crippen molar-refractivity contribution in [2.45, 2.75) is 25.1 Å². The number of amides is 1. The van der Waals surface area contributed by atoms with Gasteiger partial charge in [-0.15, -0.1) is 5.10 Å². The van der Waals surface area contributed by atoms with Crippen LogP contribution in [0.3, 0.4) is 0 Å². The number of carbonyl (C=O) groups is 1. The average molecular weight is 415 g/mol. The lowest BCUT2D eigenvalue weighted by molar-refractivity contribution is -0.126. The Morgan fingerprint density at radius 2 is 1.93 bits per heavy atom. The summed E-state index contributed by atoms with van der Waals surface area (Å²) in [5.74, 6) is 0.962. The van der Waals surface area contributed by atoms with E-state index in [0.29, 0.717) is 29.6 Å². The van der Waals surface area contributed by atoms with Crippen LogP contribution >= 0.6 is 11.8 Å². The van der Waals surface area contributed by atoms with E-state index in [2.05, 4.69) is 10.2 Å². The third-order valence-corrected chi connectivity index (χ3v) is 5.76. The lowest BCUT2D eigenvalue weighted by atomic mass is 10.2. The van der Waals surface area contributed by atoms with Gasteiger partial charge in [-0.3, -0.25) is 9.69 Å². The van der Waals surface area contributed by atoms with Gasteiger partial charge in [-0.2, -0.15) is 5.10 Å². The molecule has 1 fully saturated rings. The number of thioether (sulfide) groups is 1. The smallest absolute Gasteiger partial charge is 0.242 e. The highest BCUT2D eigenvalue weighted by molar-refractivity contribution is 8.15. The van der Waals surface area contributed by atoms with Gasteiger partial charge < -0.3 is 9.47 Å². The maximum Gasteiger partial charge on any atom is 0.242 e. The van der Waals surface area contributed by atoms with E-state index in [4.69, 9.17) is 9.47 Å². The maximum absolute atomic E-state index is 13.2. The number of carbonyl (C=O) groups excluding carboxylic acids is 1. The van der Waals surface area contributed by atoms with Crippen molar-refractivity contribution in [2.75, 3.05) is 14.2 Å². The number of rotatable bonds is 7. The number of hydrogen-bond acceptors (Lipinski definition) is 6. The lowest BCUT2D eigenvalue weighted by Crippen LogP contribution is -2.31. The summed E-state index contributed by atoms with van der Waals surface area (Å²) >= 11 is 1.39. The highest BCUT2D eigenvalue weighted by atomic mass is 32.2. The van der Waals surface area contributed by atoms with Crippen molar-refractivity contribution >= 4 is 29.1 Å². The molecule has 0 aliphatic carbocycles. The highest BCUT2D eigenvalue weighted by Crippen LogP contribution is 2.31. The van der Waals surface area contributed by atoms with E-state index in [1.54, 1.807) is 49.6 Å². The first-order valence-electron chi connectivity index (χ1n) is 9.11. The van der Waals surface area contributed by atoms with Gasteiger partial charge in [0.05, 0.1) is 32.2 Å². The maximum atomic E-state index is 13.2. The zero-order valence-corrected chi connectivity index (χ0v) is 17.3. The van der Waals surface area contributed by atoms with Gasteiger partial charge in [0, 0.05) is 11.6 Å². The van der Waals surface area contributed by atoms with E-state index in [-0.39, 0.29) is 17.0 Å².